The summed E-state index contributed by atoms with van der Waals surface area (Å²) in [5.74, 6) is -0.605. The van der Waals surface area contributed by atoms with Crippen molar-refractivity contribution in [2.24, 2.45) is 0 Å². The minimum Gasteiger partial charge on any atom is -0.463 e. The van der Waals surface area contributed by atoms with Gasteiger partial charge in [-0.15, -0.1) is 0 Å². The molecule has 5 nitrogen and oxygen atoms in total. The molecule has 4 aromatic rings. The van der Waals surface area contributed by atoms with E-state index in [2.05, 4.69) is 4.98 Å². The van der Waals surface area contributed by atoms with Crippen molar-refractivity contribution in [3.8, 4) is 11.3 Å². The highest BCUT2D eigenvalue weighted by molar-refractivity contribution is 7.23. The van der Waals surface area contributed by atoms with Gasteiger partial charge in [0.1, 0.15) is 0 Å². The minimum atomic E-state index is -0.362. The Balaban J connectivity index is 1.87. The Morgan fingerprint density at radius 3 is 2.54 bits per heavy atom. The highest BCUT2D eigenvalue weighted by atomic mass is 32.1. The smallest absolute Gasteiger partial charge is 0.313 e. The van der Waals surface area contributed by atoms with Gasteiger partial charge in [-0.1, -0.05) is 47.7 Å². The molecule has 2 aromatic heterocycles. The number of fused-ring (bicyclic) bond motifs is 3. The normalized spacial score (nSPS) is 12.6. The van der Waals surface area contributed by atoms with Crippen LogP contribution in [0, 0.1) is 0 Å². The zero-order valence-electron chi connectivity index (χ0n) is 15.9. The van der Waals surface area contributed by atoms with Gasteiger partial charge in [0.05, 0.1) is 27.9 Å². The summed E-state index contributed by atoms with van der Waals surface area (Å²) < 4.78 is 8.30. The second-order valence-corrected chi connectivity index (χ2v) is 8.01. The van der Waals surface area contributed by atoms with Crippen LogP contribution in [-0.4, -0.2) is 21.5 Å². The molecule has 0 bridgehead atoms. The van der Waals surface area contributed by atoms with Crippen LogP contribution in [0.5, 0.6) is 0 Å². The molecule has 6 heteroatoms. The number of benzene rings is 2. The first-order valence-corrected chi connectivity index (χ1v) is 9.98. The maximum atomic E-state index is 12.3. The number of thiazole rings is 1. The SMILES string of the molecule is CC(C)OC(=O)C(C)c1ccc2c(c1)sc1nc(=O)cc(-c3ccccc3)n12. The number of aromatic nitrogens is 2. The highest BCUT2D eigenvalue weighted by Crippen LogP contribution is 2.32. The van der Waals surface area contributed by atoms with Crippen LogP contribution in [0.4, 0.5) is 0 Å². The molecule has 0 N–H and O–H groups in total. The molecule has 28 heavy (non-hydrogen) atoms. The van der Waals surface area contributed by atoms with Gasteiger partial charge in [0.25, 0.3) is 5.56 Å². The van der Waals surface area contributed by atoms with Gasteiger partial charge in [-0.05, 0) is 44.0 Å². The molecule has 2 heterocycles. The number of nitrogens with zero attached hydrogens (tertiary/aromatic N) is 2. The number of esters is 1. The second-order valence-electron chi connectivity index (χ2n) is 7.00. The third-order valence-electron chi connectivity index (χ3n) is 4.60. The van der Waals surface area contributed by atoms with Crippen LogP contribution >= 0.6 is 11.3 Å². The summed E-state index contributed by atoms with van der Waals surface area (Å²) in [6.45, 7) is 5.53. The molecular weight excluding hydrogens is 372 g/mol. The molecule has 0 spiro atoms. The first-order chi connectivity index (χ1) is 13.4. The number of ether oxygens (including phenoxy) is 1. The molecule has 2 aromatic carbocycles. The molecule has 0 aliphatic heterocycles. The van der Waals surface area contributed by atoms with Crippen molar-refractivity contribution in [2.45, 2.75) is 32.8 Å². The quantitative estimate of drug-likeness (QED) is 0.475. The zero-order valence-corrected chi connectivity index (χ0v) is 16.7. The summed E-state index contributed by atoms with van der Waals surface area (Å²) in [5, 5.41) is 0. The molecule has 0 saturated heterocycles. The van der Waals surface area contributed by atoms with E-state index in [0.717, 1.165) is 27.0 Å². The van der Waals surface area contributed by atoms with Gasteiger partial charge in [-0.2, -0.15) is 4.98 Å². The van der Waals surface area contributed by atoms with E-state index in [1.165, 1.54) is 11.3 Å². The van der Waals surface area contributed by atoms with E-state index in [9.17, 15) is 9.59 Å². The van der Waals surface area contributed by atoms with E-state index in [0.29, 0.717) is 4.96 Å². The summed E-state index contributed by atoms with van der Waals surface area (Å²) in [5.41, 5.74) is 3.34. The molecule has 1 unspecified atom stereocenters. The Bertz CT molecular complexity index is 1230. The molecular formula is C22H20N2O3S. The van der Waals surface area contributed by atoms with Crippen molar-refractivity contribution in [1.82, 2.24) is 9.38 Å². The molecule has 4 rings (SSSR count). The standard InChI is InChI=1S/C22H20N2O3S/c1-13(2)27-21(26)14(3)16-9-10-17-19(11-16)28-22-23-20(25)12-18(24(17)22)15-7-5-4-6-8-15/h4-14H,1-3H3. The van der Waals surface area contributed by atoms with E-state index in [1.807, 2.05) is 73.7 Å². The average Bonchev–Trinajstić information content (AvgIpc) is 3.04. The first kappa shape index (κ1) is 18.4. The number of hydrogen-bond donors (Lipinski definition) is 0. The third kappa shape index (κ3) is 3.31. The summed E-state index contributed by atoms with van der Waals surface area (Å²) in [7, 11) is 0. The molecule has 0 saturated carbocycles. The first-order valence-electron chi connectivity index (χ1n) is 9.16. The number of rotatable bonds is 4. The molecule has 142 valence electrons. The van der Waals surface area contributed by atoms with Gasteiger partial charge >= 0.3 is 5.97 Å². The Labute approximate surface area is 166 Å². The van der Waals surface area contributed by atoms with Gasteiger partial charge in [0.15, 0.2) is 4.96 Å². The van der Waals surface area contributed by atoms with Gasteiger partial charge in [-0.3, -0.25) is 14.0 Å². The molecule has 1 atom stereocenters. The third-order valence-corrected chi connectivity index (χ3v) is 5.60. The van der Waals surface area contributed by atoms with Crippen molar-refractivity contribution in [1.29, 1.82) is 0 Å². The van der Waals surface area contributed by atoms with E-state index in [1.54, 1.807) is 6.07 Å². The van der Waals surface area contributed by atoms with Crippen LogP contribution in [0.1, 0.15) is 32.3 Å². The van der Waals surface area contributed by atoms with Gasteiger partial charge < -0.3 is 4.74 Å². The molecule has 0 aliphatic carbocycles. The lowest BCUT2D eigenvalue weighted by molar-refractivity contribution is -0.148. The van der Waals surface area contributed by atoms with Gasteiger partial charge in [0.2, 0.25) is 0 Å². The van der Waals surface area contributed by atoms with Crippen molar-refractivity contribution >= 4 is 32.5 Å². The van der Waals surface area contributed by atoms with E-state index in [-0.39, 0.29) is 23.6 Å². The van der Waals surface area contributed by atoms with Crippen molar-refractivity contribution in [3.05, 3.63) is 70.5 Å². The highest BCUT2D eigenvalue weighted by Gasteiger charge is 2.20. The maximum Gasteiger partial charge on any atom is 0.313 e. The second kappa shape index (κ2) is 7.20. The Morgan fingerprint density at radius 1 is 1.07 bits per heavy atom. The summed E-state index contributed by atoms with van der Waals surface area (Å²) in [4.78, 5) is 29.2. The largest absolute Gasteiger partial charge is 0.463 e. The summed E-state index contributed by atoms with van der Waals surface area (Å²) in [6, 6.07) is 17.2. The van der Waals surface area contributed by atoms with Crippen LogP contribution in [0.2, 0.25) is 0 Å². The van der Waals surface area contributed by atoms with E-state index < -0.39 is 0 Å². The van der Waals surface area contributed by atoms with Gasteiger partial charge in [0, 0.05) is 6.07 Å². The lowest BCUT2D eigenvalue weighted by Gasteiger charge is -2.14. The molecule has 0 aliphatic rings. The number of hydrogen-bond acceptors (Lipinski definition) is 5. The zero-order chi connectivity index (χ0) is 19.8. The van der Waals surface area contributed by atoms with E-state index >= 15 is 0 Å². The van der Waals surface area contributed by atoms with Crippen molar-refractivity contribution in [2.75, 3.05) is 0 Å². The predicted octanol–water partition coefficient (Wildman–Crippen LogP) is 4.63. The van der Waals surface area contributed by atoms with Gasteiger partial charge in [-0.25, -0.2) is 0 Å². The van der Waals surface area contributed by atoms with Crippen LogP contribution < -0.4 is 5.56 Å². The summed E-state index contributed by atoms with van der Waals surface area (Å²) >= 11 is 1.44. The molecule has 0 amide bonds. The summed E-state index contributed by atoms with van der Waals surface area (Å²) in [6.07, 6.45) is -0.147. The number of carbonyl (C=O) groups is 1. The Hall–Kier alpha value is -2.99. The van der Waals surface area contributed by atoms with Crippen molar-refractivity contribution < 1.29 is 9.53 Å². The van der Waals surface area contributed by atoms with Crippen LogP contribution in [0.25, 0.3) is 26.4 Å². The fraction of sp³-hybridized carbons (Fsp3) is 0.227. The Morgan fingerprint density at radius 2 is 1.82 bits per heavy atom. The fourth-order valence-corrected chi connectivity index (χ4v) is 4.30. The predicted molar refractivity (Wildman–Crippen MR) is 112 cm³/mol. The Kier molecular flexibility index (Phi) is 4.73. The number of carbonyl (C=O) groups excluding carboxylic acids is 1. The monoisotopic (exact) mass is 392 g/mol. The van der Waals surface area contributed by atoms with Crippen LogP contribution in [0.3, 0.4) is 0 Å². The van der Waals surface area contributed by atoms with E-state index in [4.69, 9.17) is 4.74 Å². The lowest BCUT2D eigenvalue weighted by atomic mass is 10.0. The average molecular weight is 392 g/mol. The minimum absolute atomic E-state index is 0.147. The van der Waals surface area contributed by atoms with Crippen LogP contribution in [-0.2, 0) is 9.53 Å². The fourth-order valence-electron chi connectivity index (χ4n) is 3.22. The molecule has 0 fully saturated rings. The van der Waals surface area contributed by atoms with Crippen LogP contribution in [0.15, 0.2) is 59.4 Å². The maximum absolute atomic E-state index is 12.3. The lowest BCUT2D eigenvalue weighted by Crippen LogP contribution is -2.17. The molecule has 0 radical (unpaired) electrons. The topological polar surface area (TPSA) is 60.7 Å². The van der Waals surface area contributed by atoms with Crippen molar-refractivity contribution in [3.63, 3.8) is 0 Å².